The zero-order valence-corrected chi connectivity index (χ0v) is 11.1. The number of carbonyl (C=O) groups is 2. The van der Waals surface area contributed by atoms with E-state index in [4.69, 9.17) is 5.11 Å². The van der Waals surface area contributed by atoms with E-state index >= 15 is 0 Å². The van der Waals surface area contributed by atoms with Crippen molar-refractivity contribution in [1.29, 1.82) is 0 Å². The van der Waals surface area contributed by atoms with Gasteiger partial charge in [0.2, 0.25) is 0 Å². The fraction of sp³-hybridized carbons (Fsp3) is 0.846. The molecule has 1 N–H and O–H groups in total. The van der Waals surface area contributed by atoms with E-state index in [1.165, 1.54) is 4.90 Å². The molecule has 0 aromatic heterocycles. The monoisotopic (exact) mass is 254 g/mol. The summed E-state index contributed by atoms with van der Waals surface area (Å²) in [4.78, 5) is 26.8. The van der Waals surface area contributed by atoms with E-state index in [2.05, 4.69) is 13.8 Å². The predicted molar refractivity (Wildman–Crippen MR) is 67.3 cm³/mol. The molecular formula is C13H22N2O3. The molecule has 0 aromatic rings. The smallest absolute Gasteiger partial charge is 0.326 e. The van der Waals surface area contributed by atoms with Crippen LogP contribution in [0.15, 0.2) is 0 Å². The molecule has 18 heavy (non-hydrogen) atoms. The molecule has 0 saturated carbocycles. The van der Waals surface area contributed by atoms with E-state index in [0.29, 0.717) is 24.8 Å². The molecule has 3 atom stereocenters. The van der Waals surface area contributed by atoms with Crippen molar-refractivity contribution >= 4 is 12.0 Å². The number of rotatable bonds is 1. The summed E-state index contributed by atoms with van der Waals surface area (Å²) >= 11 is 0. The molecule has 5 nitrogen and oxygen atoms in total. The topological polar surface area (TPSA) is 60.9 Å². The molecule has 2 aliphatic rings. The Morgan fingerprint density at radius 1 is 1.11 bits per heavy atom. The van der Waals surface area contributed by atoms with Crippen LogP contribution in [0, 0.1) is 11.8 Å². The third-order valence-corrected chi connectivity index (χ3v) is 4.39. The molecule has 0 radical (unpaired) electrons. The summed E-state index contributed by atoms with van der Waals surface area (Å²) in [6.07, 6.45) is 2.39. The summed E-state index contributed by atoms with van der Waals surface area (Å²) in [6.45, 7) is 6.46. The Labute approximate surface area is 108 Å². The normalized spacial score (nSPS) is 32.7. The Bertz CT molecular complexity index is 345. The molecule has 0 bridgehead atoms. The number of piperidine rings is 1. The highest BCUT2D eigenvalue weighted by Crippen LogP contribution is 2.25. The third-order valence-electron chi connectivity index (χ3n) is 4.39. The summed E-state index contributed by atoms with van der Waals surface area (Å²) < 4.78 is 0. The van der Waals surface area contributed by atoms with Gasteiger partial charge in [0.05, 0.1) is 0 Å². The van der Waals surface area contributed by atoms with Crippen LogP contribution in [-0.2, 0) is 4.79 Å². The van der Waals surface area contributed by atoms with Crippen LogP contribution < -0.4 is 0 Å². The van der Waals surface area contributed by atoms with Gasteiger partial charge in [-0.2, -0.15) is 0 Å². The van der Waals surface area contributed by atoms with E-state index in [0.717, 1.165) is 25.9 Å². The Morgan fingerprint density at radius 3 is 2.44 bits per heavy atom. The number of hydrogen-bond acceptors (Lipinski definition) is 2. The summed E-state index contributed by atoms with van der Waals surface area (Å²) in [5, 5.41) is 9.11. The van der Waals surface area contributed by atoms with Crippen molar-refractivity contribution in [2.24, 2.45) is 11.8 Å². The fourth-order valence-electron chi connectivity index (χ4n) is 2.87. The van der Waals surface area contributed by atoms with Crippen molar-refractivity contribution < 1.29 is 14.7 Å². The first-order chi connectivity index (χ1) is 8.50. The van der Waals surface area contributed by atoms with Gasteiger partial charge < -0.3 is 14.9 Å². The number of carbonyl (C=O) groups excluding carboxylic acids is 1. The van der Waals surface area contributed by atoms with Gasteiger partial charge in [-0.25, -0.2) is 9.59 Å². The second-order valence-electron chi connectivity index (χ2n) is 5.66. The Kier molecular flexibility index (Phi) is 3.78. The van der Waals surface area contributed by atoms with E-state index < -0.39 is 12.0 Å². The number of carboxylic acids is 1. The van der Waals surface area contributed by atoms with Crippen molar-refractivity contribution in [2.45, 2.75) is 39.2 Å². The maximum Gasteiger partial charge on any atom is 0.326 e. The summed E-state index contributed by atoms with van der Waals surface area (Å²) in [5.74, 6) is 0.260. The maximum absolute atomic E-state index is 12.4. The number of amides is 2. The molecular weight excluding hydrogens is 232 g/mol. The van der Waals surface area contributed by atoms with Crippen LogP contribution in [0.1, 0.15) is 33.1 Å². The van der Waals surface area contributed by atoms with Crippen molar-refractivity contribution in [3.05, 3.63) is 0 Å². The first-order valence-corrected chi connectivity index (χ1v) is 6.79. The summed E-state index contributed by atoms with van der Waals surface area (Å²) in [5.41, 5.74) is 0. The van der Waals surface area contributed by atoms with Crippen LogP contribution in [0.3, 0.4) is 0 Å². The van der Waals surface area contributed by atoms with Crippen molar-refractivity contribution in [3.63, 3.8) is 0 Å². The fourth-order valence-corrected chi connectivity index (χ4v) is 2.87. The molecule has 2 rings (SSSR count). The molecule has 2 saturated heterocycles. The minimum atomic E-state index is -0.876. The third kappa shape index (κ3) is 2.44. The van der Waals surface area contributed by atoms with Crippen molar-refractivity contribution in [3.8, 4) is 0 Å². The lowest BCUT2D eigenvalue weighted by Gasteiger charge is -2.38. The largest absolute Gasteiger partial charge is 0.480 e. The molecule has 0 spiro atoms. The lowest BCUT2D eigenvalue weighted by Crippen LogP contribution is -2.51. The van der Waals surface area contributed by atoms with Crippen LogP contribution in [-0.4, -0.2) is 52.6 Å². The summed E-state index contributed by atoms with van der Waals surface area (Å²) in [7, 11) is 0. The van der Waals surface area contributed by atoms with Crippen molar-refractivity contribution in [2.75, 3.05) is 19.6 Å². The molecule has 5 heteroatoms. The average molecular weight is 254 g/mol. The Morgan fingerprint density at radius 2 is 1.83 bits per heavy atom. The minimum absolute atomic E-state index is 0.0846. The standard InChI is InChI=1S/C13H22N2O3/c1-9-5-7-14(8-10(9)2)13(18)15-6-3-4-11(15)12(16)17/h9-11H,3-8H2,1-2H3,(H,16,17)/t9?,10?,11-/m0/s1. The molecule has 0 aliphatic carbocycles. The van der Waals surface area contributed by atoms with Gasteiger partial charge in [0.15, 0.2) is 0 Å². The number of nitrogens with zero attached hydrogens (tertiary/aromatic N) is 2. The highest BCUT2D eigenvalue weighted by Gasteiger charge is 2.37. The maximum atomic E-state index is 12.4. The van der Waals surface area contributed by atoms with Gasteiger partial charge in [0.1, 0.15) is 6.04 Å². The van der Waals surface area contributed by atoms with Gasteiger partial charge in [-0.05, 0) is 31.1 Å². The van der Waals surface area contributed by atoms with Gasteiger partial charge in [0.25, 0.3) is 0 Å². The van der Waals surface area contributed by atoms with Crippen LogP contribution >= 0.6 is 0 Å². The van der Waals surface area contributed by atoms with Gasteiger partial charge in [-0.1, -0.05) is 13.8 Å². The molecule has 2 aliphatic heterocycles. The van der Waals surface area contributed by atoms with Crippen LogP contribution in [0.2, 0.25) is 0 Å². The van der Waals surface area contributed by atoms with Crippen LogP contribution in [0.5, 0.6) is 0 Å². The van der Waals surface area contributed by atoms with Gasteiger partial charge in [0, 0.05) is 19.6 Å². The molecule has 0 aromatic carbocycles. The number of urea groups is 1. The quantitative estimate of drug-likeness (QED) is 0.773. The molecule has 102 valence electrons. The van der Waals surface area contributed by atoms with E-state index in [1.54, 1.807) is 0 Å². The van der Waals surface area contributed by atoms with Gasteiger partial charge in [-0.3, -0.25) is 0 Å². The highest BCUT2D eigenvalue weighted by atomic mass is 16.4. The SMILES string of the molecule is CC1CCN(C(=O)N2CCC[C@H]2C(=O)O)CC1C. The number of aliphatic carboxylic acids is 1. The van der Waals surface area contributed by atoms with Gasteiger partial charge >= 0.3 is 12.0 Å². The predicted octanol–water partition coefficient (Wildman–Crippen LogP) is 1.63. The second kappa shape index (κ2) is 5.16. The number of hydrogen-bond donors (Lipinski definition) is 1. The molecule has 2 unspecified atom stereocenters. The lowest BCUT2D eigenvalue weighted by molar-refractivity contribution is -0.141. The van der Waals surface area contributed by atoms with Gasteiger partial charge in [-0.15, -0.1) is 0 Å². The van der Waals surface area contributed by atoms with Crippen LogP contribution in [0.4, 0.5) is 4.79 Å². The zero-order valence-electron chi connectivity index (χ0n) is 11.1. The minimum Gasteiger partial charge on any atom is -0.480 e. The Hall–Kier alpha value is -1.26. The Balaban J connectivity index is 2.01. The molecule has 2 fully saturated rings. The molecule has 2 heterocycles. The lowest BCUT2D eigenvalue weighted by atomic mass is 9.89. The van der Waals surface area contributed by atoms with Crippen LogP contribution in [0.25, 0.3) is 0 Å². The van der Waals surface area contributed by atoms with E-state index in [9.17, 15) is 9.59 Å². The number of likely N-dealkylation sites (tertiary alicyclic amines) is 2. The first kappa shape index (κ1) is 13.2. The zero-order chi connectivity index (χ0) is 13.3. The molecule has 2 amide bonds. The highest BCUT2D eigenvalue weighted by molar-refractivity contribution is 5.83. The van der Waals surface area contributed by atoms with E-state index in [-0.39, 0.29) is 6.03 Å². The second-order valence-corrected chi connectivity index (χ2v) is 5.66. The summed E-state index contributed by atoms with van der Waals surface area (Å²) in [6, 6.07) is -0.703. The first-order valence-electron chi connectivity index (χ1n) is 6.79. The van der Waals surface area contributed by atoms with Crippen molar-refractivity contribution in [1.82, 2.24) is 9.80 Å². The van der Waals surface area contributed by atoms with E-state index in [1.807, 2.05) is 4.90 Å². The number of carboxylic acid groups (broad SMARTS) is 1. The average Bonchev–Trinajstić information content (AvgIpc) is 2.81.